The quantitative estimate of drug-likeness (QED) is 0.335. The van der Waals surface area contributed by atoms with Crippen LogP contribution in [-0.2, 0) is 20.8 Å². The van der Waals surface area contributed by atoms with Crippen molar-refractivity contribution in [2.75, 3.05) is 27.2 Å². The maximum absolute atomic E-state index is 13.5. The summed E-state index contributed by atoms with van der Waals surface area (Å²) in [6.07, 6.45) is 8.24. The molecule has 8 nitrogen and oxygen atoms in total. The summed E-state index contributed by atoms with van der Waals surface area (Å²) in [4.78, 5) is 44.9. The zero-order valence-corrected chi connectivity index (χ0v) is 24.2. The van der Waals surface area contributed by atoms with Crippen LogP contribution in [0.3, 0.4) is 0 Å². The van der Waals surface area contributed by atoms with Gasteiger partial charge in [-0.05, 0) is 56.5 Å². The van der Waals surface area contributed by atoms with E-state index in [1.54, 1.807) is 18.3 Å². The van der Waals surface area contributed by atoms with Gasteiger partial charge in [0.15, 0.2) is 0 Å². The van der Waals surface area contributed by atoms with Gasteiger partial charge in [0.1, 0.15) is 6.04 Å². The molecule has 3 N–H and O–H groups in total. The minimum atomic E-state index is -0.729. The molecular weight excluding hydrogens is 498 g/mol. The van der Waals surface area contributed by atoms with Crippen molar-refractivity contribution in [3.63, 3.8) is 0 Å². The molecule has 1 heterocycles. The zero-order valence-electron chi connectivity index (χ0n) is 23.4. The number of aromatic nitrogens is 1. The number of amides is 3. The minimum absolute atomic E-state index is 0.171. The van der Waals surface area contributed by atoms with E-state index in [9.17, 15) is 14.4 Å². The second-order valence-electron chi connectivity index (χ2n) is 10.7. The third-order valence-electron chi connectivity index (χ3n) is 7.01. The average molecular weight is 542 g/mol. The fraction of sp³-hybridized carbons (Fsp3) is 0.586. The van der Waals surface area contributed by atoms with Crippen LogP contribution in [0.25, 0.3) is 10.2 Å². The summed E-state index contributed by atoms with van der Waals surface area (Å²) in [5, 5.41) is 9.84. The standard InChI is InChI=1S/C29H43N5O3S/c1-6-26(35)31-23(17-28-32-22-14-13-21(19(2)3)16-25(22)38-28)29(37)33-24(20-10-7-8-11-20)18-30-27(36)12-9-15-34(4)5/h9,12-14,16,19-20,23-24H,6-8,10-11,15,17-18H2,1-5H3,(H,30,36)(H,31,35)(H,33,37)/b12-9+/t23-,24+/m0/s1. The first kappa shape index (κ1) is 29.8. The largest absolute Gasteiger partial charge is 0.350 e. The number of hydrogen-bond donors (Lipinski definition) is 3. The van der Waals surface area contributed by atoms with E-state index in [1.165, 1.54) is 11.6 Å². The zero-order chi connectivity index (χ0) is 27.7. The normalized spacial score (nSPS) is 15.9. The highest BCUT2D eigenvalue weighted by Crippen LogP contribution is 2.29. The molecule has 0 aliphatic heterocycles. The number of carbonyl (C=O) groups excluding carboxylic acids is 3. The molecule has 3 amide bonds. The molecule has 1 saturated carbocycles. The molecule has 0 unspecified atom stereocenters. The maximum atomic E-state index is 13.5. The fourth-order valence-corrected chi connectivity index (χ4v) is 5.80. The van der Waals surface area contributed by atoms with Crippen molar-refractivity contribution in [3.8, 4) is 0 Å². The van der Waals surface area contributed by atoms with Crippen molar-refractivity contribution in [3.05, 3.63) is 40.9 Å². The number of rotatable bonds is 13. The molecule has 1 aliphatic carbocycles. The van der Waals surface area contributed by atoms with Gasteiger partial charge in [-0.25, -0.2) is 4.98 Å². The van der Waals surface area contributed by atoms with Crippen molar-refractivity contribution < 1.29 is 14.4 Å². The Bertz CT molecular complexity index is 1120. The molecule has 208 valence electrons. The van der Waals surface area contributed by atoms with Gasteiger partial charge in [-0.3, -0.25) is 14.4 Å². The monoisotopic (exact) mass is 541 g/mol. The molecule has 0 bridgehead atoms. The van der Waals surface area contributed by atoms with Crippen LogP contribution in [0.15, 0.2) is 30.4 Å². The third-order valence-corrected chi connectivity index (χ3v) is 8.05. The van der Waals surface area contributed by atoms with Crippen LogP contribution in [0.4, 0.5) is 0 Å². The van der Waals surface area contributed by atoms with Crippen molar-refractivity contribution >= 4 is 39.3 Å². The second kappa shape index (κ2) is 14.4. The maximum Gasteiger partial charge on any atom is 0.243 e. The van der Waals surface area contributed by atoms with E-state index in [1.807, 2.05) is 31.1 Å². The van der Waals surface area contributed by atoms with Gasteiger partial charge in [0.25, 0.3) is 0 Å². The van der Waals surface area contributed by atoms with Crippen LogP contribution in [0.5, 0.6) is 0 Å². The Balaban J connectivity index is 1.72. The van der Waals surface area contributed by atoms with Gasteiger partial charge >= 0.3 is 0 Å². The Morgan fingerprint density at radius 3 is 2.55 bits per heavy atom. The van der Waals surface area contributed by atoms with Crippen LogP contribution in [0.1, 0.15) is 69.4 Å². The molecule has 1 aliphatic rings. The SMILES string of the molecule is CCC(=O)N[C@@H](Cc1nc2ccc(C(C)C)cc2s1)C(=O)N[C@H](CNC(=O)/C=C/CN(C)C)C1CCCC1. The summed E-state index contributed by atoms with van der Waals surface area (Å²) in [5.74, 6) is 0.136. The summed E-state index contributed by atoms with van der Waals surface area (Å²) >= 11 is 1.57. The smallest absolute Gasteiger partial charge is 0.243 e. The predicted molar refractivity (Wildman–Crippen MR) is 154 cm³/mol. The van der Waals surface area contributed by atoms with Crippen molar-refractivity contribution in [2.45, 2.75) is 77.3 Å². The molecule has 0 saturated heterocycles. The van der Waals surface area contributed by atoms with Gasteiger partial charge in [0, 0.05) is 38.0 Å². The van der Waals surface area contributed by atoms with Crippen LogP contribution < -0.4 is 16.0 Å². The van der Waals surface area contributed by atoms with Crippen LogP contribution in [-0.4, -0.2) is 66.9 Å². The lowest BCUT2D eigenvalue weighted by Crippen LogP contribution is -2.54. The van der Waals surface area contributed by atoms with Crippen LogP contribution >= 0.6 is 11.3 Å². The number of benzene rings is 1. The number of thiazole rings is 1. The molecule has 1 aromatic heterocycles. The van der Waals surface area contributed by atoms with Crippen LogP contribution in [0, 0.1) is 5.92 Å². The Hall–Kier alpha value is -2.78. The van der Waals surface area contributed by atoms with E-state index in [0.717, 1.165) is 40.9 Å². The van der Waals surface area contributed by atoms with E-state index in [-0.39, 0.29) is 23.8 Å². The van der Waals surface area contributed by atoms with Gasteiger partial charge in [-0.1, -0.05) is 45.8 Å². The highest BCUT2D eigenvalue weighted by atomic mass is 32.1. The molecule has 9 heteroatoms. The first-order valence-corrected chi connectivity index (χ1v) is 14.6. The van der Waals surface area contributed by atoms with Crippen LogP contribution in [0.2, 0.25) is 0 Å². The highest BCUT2D eigenvalue weighted by Gasteiger charge is 2.30. The molecule has 1 aromatic carbocycles. The van der Waals surface area contributed by atoms with Gasteiger partial charge < -0.3 is 20.9 Å². The third kappa shape index (κ3) is 8.91. The molecule has 3 rings (SSSR count). The van der Waals surface area contributed by atoms with E-state index in [2.05, 4.69) is 41.9 Å². The number of hydrogen-bond acceptors (Lipinski definition) is 6. The Morgan fingerprint density at radius 1 is 1.16 bits per heavy atom. The fourth-order valence-electron chi connectivity index (χ4n) is 4.73. The van der Waals surface area contributed by atoms with E-state index in [4.69, 9.17) is 4.98 Å². The second-order valence-corrected chi connectivity index (χ2v) is 11.9. The summed E-state index contributed by atoms with van der Waals surface area (Å²) in [5.41, 5.74) is 2.16. The van der Waals surface area contributed by atoms with Gasteiger partial charge in [0.05, 0.1) is 15.2 Å². The highest BCUT2D eigenvalue weighted by molar-refractivity contribution is 7.18. The Kier molecular flexibility index (Phi) is 11.3. The summed E-state index contributed by atoms with van der Waals surface area (Å²) in [7, 11) is 3.89. The molecule has 38 heavy (non-hydrogen) atoms. The van der Waals surface area contributed by atoms with Crippen molar-refractivity contribution in [1.29, 1.82) is 0 Å². The number of carbonyl (C=O) groups is 3. The summed E-state index contributed by atoms with van der Waals surface area (Å²) < 4.78 is 1.08. The number of likely N-dealkylation sites (N-methyl/N-ethyl adjacent to an activating group) is 1. The van der Waals surface area contributed by atoms with E-state index < -0.39 is 6.04 Å². The molecule has 1 fully saturated rings. The van der Waals surface area contributed by atoms with E-state index >= 15 is 0 Å². The molecule has 2 aromatic rings. The number of nitrogens with one attached hydrogen (secondary N) is 3. The first-order chi connectivity index (χ1) is 18.2. The van der Waals surface area contributed by atoms with Crippen molar-refractivity contribution in [2.24, 2.45) is 5.92 Å². The van der Waals surface area contributed by atoms with E-state index in [0.29, 0.717) is 37.8 Å². The van der Waals surface area contributed by atoms with Gasteiger partial charge in [-0.2, -0.15) is 0 Å². The topological polar surface area (TPSA) is 103 Å². The molecule has 2 atom stereocenters. The minimum Gasteiger partial charge on any atom is -0.350 e. The van der Waals surface area contributed by atoms with Gasteiger partial charge in [0.2, 0.25) is 17.7 Å². The average Bonchev–Trinajstić information content (AvgIpc) is 3.55. The van der Waals surface area contributed by atoms with Gasteiger partial charge in [-0.15, -0.1) is 11.3 Å². The van der Waals surface area contributed by atoms with Crippen molar-refractivity contribution in [1.82, 2.24) is 25.8 Å². The Morgan fingerprint density at radius 2 is 1.89 bits per heavy atom. The molecular formula is C29H43N5O3S. The number of nitrogens with zero attached hydrogens (tertiary/aromatic N) is 2. The summed E-state index contributed by atoms with van der Waals surface area (Å²) in [6, 6.07) is 5.35. The lowest BCUT2D eigenvalue weighted by Gasteiger charge is -2.27. The lowest BCUT2D eigenvalue weighted by atomic mass is 9.97. The Labute approximate surface area is 230 Å². The predicted octanol–water partition coefficient (Wildman–Crippen LogP) is 3.77. The first-order valence-electron chi connectivity index (χ1n) is 13.7. The molecule has 0 spiro atoms. The number of fused-ring (bicyclic) bond motifs is 1. The summed E-state index contributed by atoms with van der Waals surface area (Å²) in [6.45, 7) is 7.13. The lowest BCUT2D eigenvalue weighted by molar-refractivity contribution is -0.129. The molecule has 0 radical (unpaired) electrons.